The van der Waals surface area contributed by atoms with Gasteiger partial charge in [-0.25, -0.2) is 4.98 Å². The Balaban J connectivity index is 2.09. The SMILES string of the molecule is NCCCN(Cc1ccccc1)C(=O)c1ncn[nH]1. The van der Waals surface area contributed by atoms with Crippen LogP contribution in [0.15, 0.2) is 36.7 Å². The minimum absolute atomic E-state index is 0.158. The third-order valence-corrected chi connectivity index (χ3v) is 2.75. The number of carbonyl (C=O) groups excluding carboxylic acids is 1. The first-order chi connectivity index (χ1) is 9.31. The minimum Gasteiger partial charge on any atom is -0.332 e. The summed E-state index contributed by atoms with van der Waals surface area (Å²) in [5, 5.41) is 6.30. The molecule has 6 heteroatoms. The zero-order valence-corrected chi connectivity index (χ0v) is 10.6. The molecule has 6 nitrogen and oxygen atoms in total. The van der Waals surface area contributed by atoms with Crippen LogP contribution in [0.2, 0.25) is 0 Å². The lowest BCUT2D eigenvalue weighted by atomic mass is 10.2. The van der Waals surface area contributed by atoms with E-state index in [1.807, 2.05) is 30.3 Å². The monoisotopic (exact) mass is 259 g/mol. The summed E-state index contributed by atoms with van der Waals surface area (Å²) >= 11 is 0. The topological polar surface area (TPSA) is 87.9 Å². The van der Waals surface area contributed by atoms with Gasteiger partial charge in [0.2, 0.25) is 5.82 Å². The molecule has 0 saturated carbocycles. The van der Waals surface area contributed by atoms with Gasteiger partial charge in [0.15, 0.2) is 0 Å². The summed E-state index contributed by atoms with van der Waals surface area (Å²) in [7, 11) is 0. The Morgan fingerprint density at radius 3 is 2.74 bits per heavy atom. The van der Waals surface area contributed by atoms with Gasteiger partial charge in [-0.2, -0.15) is 5.10 Å². The van der Waals surface area contributed by atoms with Crippen molar-refractivity contribution in [3.05, 3.63) is 48.0 Å². The van der Waals surface area contributed by atoms with Gasteiger partial charge < -0.3 is 10.6 Å². The normalized spacial score (nSPS) is 10.4. The lowest BCUT2D eigenvalue weighted by Gasteiger charge is -2.21. The van der Waals surface area contributed by atoms with E-state index in [0.29, 0.717) is 19.6 Å². The van der Waals surface area contributed by atoms with Gasteiger partial charge >= 0.3 is 0 Å². The summed E-state index contributed by atoms with van der Waals surface area (Å²) in [6.07, 6.45) is 2.09. The first kappa shape index (κ1) is 13.2. The highest BCUT2D eigenvalue weighted by Gasteiger charge is 2.18. The van der Waals surface area contributed by atoms with E-state index < -0.39 is 0 Å². The maximum atomic E-state index is 12.3. The van der Waals surface area contributed by atoms with Gasteiger partial charge in [-0.05, 0) is 18.5 Å². The molecule has 3 N–H and O–H groups in total. The predicted molar refractivity (Wildman–Crippen MR) is 71.2 cm³/mol. The van der Waals surface area contributed by atoms with Crippen LogP contribution in [0.25, 0.3) is 0 Å². The summed E-state index contributed by atoms with van der Waals surface area (Å²) in [5.74, 6) is 0.0998. The molecule has 0 saturated heterocycles. The maximum absolute atomic E-state index is 12.3. The number of amides is 1. The molecule has 19 heavy (non-hydrogen) atoms. The molecule has 100 valence electrons. The first-order valence-corrected chi connectivity index (χ1v) is 6.20. The van der Waals surface area contributed by atoms with Crippen LogP contribution in [-0.2, 0) is 6.54 Å². The molecule has 0 bridgehead atoms. The molecule has 0 aliphatic carbocycles. The molecule has 0 atom stereocenters. The molecule has 0 unspecified atom stereocenters. The largest absolute Gasteiger partial charge is 0.332 e. The quantitative estimate of drug-likeness (QED) is 0.803. The standard InChI is InChI=1S/C13H17N5O/c14-7-4-8-18(9-11-5-2-1-3-6-11)13(19)12-15-10-16-17-12/h1-3,5-6,10H,4,7-9,14H2,(H,15,16,17). The maximum Gasteiger partial charge on any atom is 0.291 e. The van der Waals surface area contributed by atoms with Crippen molar-refractivity contribution in [1.29, 1.82) is 0 Å². The Morgan fingerprint density at radius 2 is 2.11 bits per heavy atom. The van der Waals surface area contributed by atoms with Crippen LogP contribution >= 0.6 is 0 Å². The minimum atomic E-state index is -0.158. The fraction of sp³-hybridized carbons (Fsp3) is 0.308. The van der Waals surface area contributed by atoms with E-state index in [-0.39, 0.29) is 11.7 Å². The lowest BCUT2D eigenvalue weighted by molar-refractivity contribution is 0.0730. The van der Waals surface area contributed by atoms with Crippen molar-refractivity contribution in [2.75, 3.05) is 13.1 Å². The van der Waals surface area contributed by atoms with Crippen molar-refractivity contribution < 1.29 is 4.79 Å². The number of hydrogen-bond donors (Lipinski definition) is 2. The molecule has 0 aliphatic heterocycles. The number of aromatic amines is 1. The Bertz CT molecular complexity index is 497. The number of rotatable bonds is 6. The summed E-state index contributed by atoms with van der Waals surface area (Å²) in [6, 6.07) is 9.84. The first-order valence-electron chi connectivity index (χ1n) is 6.20. The average molecular weight is 259 g/mol. The van der Waals surface area contributed by atoms with Crippen LogP contribution in [-0.4, -0.2) is 39.1 Å². The molecule has 1 aromatic carbocycles. The van der Waals surface area contributed by atoms with Crippen LogP contribution in [0.4, 0.5) is 0 Å². The zero-order valence-electron chi connectivity index (χ0n) is 10.6. The molecule has 0 spiro atoms. The van der Waals surface area contributed by atoms with Crippen molar-refractivity contribution in [1.82, 2.24) is 20.1 Å². The molecule has 2 aromatic rings. The molecule has 1 heterocycles. The summed E-state index contributed by atoms with van der Waals surface area (Å²) in [4.78, 5) is 17.9. The molecule has 1 amide bonds. The highest BCUT2D eigenvalue weighted by atomic mass is 16.2. The summed E-state index contributed by atoms with van der Waals surface area (Å²) in [6.45, 7) is 1.69. The van der Waals surface area contributed by atoms with Gasteiger partial charge in [0.1, 0.15) is 6.33 Å². The van der Waals surface area contributed by atoms with E-state index in [2.05, 4.69) is 15.2 Å². The second-order valence-corrected chi connectivity index (χ2v) is 4.19. The molecule has 2 rings (SSSR count). The Hall–Kier alpha value is -2.21. The Labute approximate surface area is 111 Å². The Morgan fingerprint density at radius 1 is 1.32 bits per heavy atom. The number of nitrogens with two attached hydrogens (primary N) is 1. The number of nitrogens with zero attached hydrogens (tertiary/aromatic N) is 3. The van der Waals surface area contributed by atoms with E-state index in [4.69, 9.17) is 5.73 Å². The third kappa shape index (κ3) is 3.62. The van der Waals surface area contributed by atoms with Gasteiger partial charge in [-0.15, -0.1) is 0 Å². The molecule has 0 fully saturated rings. The van der Waals surface area contributed by atoms with Crippen molar-refractivity contribution >= 4 is 5.91 Å². The van der Waals surface area contributed by atoms with E-state index in [0.717, 1.165) is 12.0 Å². The summed E-state index contributed by atoms with van der Waals surface area (Å²) < 4.78 is 0. The van der Waals surface area contributed by atoms with Crippen molar-refractivity contribution in [3.8, 4) is 0 Å². The second-order valence-electron chi connectivity index (χ2n) is 4.19. The zero-order chi connectivity index (χ0) is 13.5. The van der Waals surface area contributed by atoms with E-state index in [1.165, 1.54) is 6.33 Å². The number of hydrogen-bond acceptors (Lipinski definition) is 4. The van der Waals surface area contributed by atoms with Crippen LogP contribution in [0.1, 0.15) is 22.6 Å². The highest BCUT2D eigenvalue weighted by Crippen LogP contribution is 2.07. The van der Waals surface area contributed by atoms with Gasteiger partial charge in [0.25, 0.3) is 5.91 Å². The van der Waals surface area contributed by atoms with Gasteiger partial charge in [0, 0.05) is 13.1 Å². The van der Waals surface area contributed by atoms with Crippen LogP contribution in [0.5, 0.6) is 0 Å². The summed E-state index contributed by atoms with van der Waals surface area (Å²) in [5.41, 5.74) is 6.59. The van der Waals surface area contributed by atoms with E-state index in [1.54, 1.807) is 4.90 Å². The van der Waals surface area contributed by atoms with Gasteiger partial charge in [-0.1, -0.05) is 30.3 Å². The van der Waals surface area contributed by atoms with Crippen LogP contribution in [0.3, 0.4) is 0 Å². The third-order valence-electron chi connectivity index (χ3n) is 2.75. The molecular formula is C13H17N5O. The van der Waals surface area contributed by atoms with Crippen molar-refractivity contribution in [2.24, 2.45) is 5.73 Å². The van der Waals surface area contributed by atoms with Crippen LogP contribution < -0.4 is 5.73 Å². The van der Waals surface area contributed by atoms with Crippen molar-refractivity contribution in [3.63, 3.8) is 0 Å². The number of H-pyrrole nitrogens is 1. The fourth-order valence-electron chi connectivity index (χ4n) is 1.80. The Kier molecular flexibility index (Phi) is 4.63. The van der Waals surface area contributed by atoms with Gasteiger partial charge in [-0.3, -0.25) is 9.89 Å². The number of benzene rings is 1. The highest BCUT2D eigenvalue weighted by molar-refractivity contribution is 5.90. The van der Waals surface area contributed by atoms with Gasteiger partial charge in [0.05, 0.1) is 0 Å². The van der Waals surface area contributed by atoms with Crippen molar-refractivity contribution in [2.45, 2.75) is 13.0 Å². The predicted octanol–water partition coefficient (Wildman–Crippen LogP) is 0.796. The molecule has 0 aliphatic rings. The fourth-order valence-corrected chi connectivity index (χ4v) is 1.80. The van der Waals surface area contributed by atoms with Crippen LogP contribution in [0, 0.1) is 0 Å². The van der Waals surface area contributed by atoms with E-state index >= 15 is 0 Å². The number of nitrogens with one attached hydrogen (secondary N) is 1. The lowest BCUT2D eigenvalue weighted by Crippen LogP contribution is -2.33. The number of aromatic nitrogens is 3. The molecule has 1 aromatic heterocycles. The van der Waals surface area contributed by atoms with E-state index in [9.17, 15) is 4.79 Å². The average Bonchev–Trinajstić information content (AvgIpc) is 2.98. The number of carbonyl (C=O) groups is 1. The second kappa shape index (κ2) is 6.65. The molecular weight excluding hydrogens is 242 g/mol. The smallest absolute Gasteiger partial charge is 0.291 e. The molecule has 0 radical (unpaired) electrons.